The van der Waals surface area contributed by atoms with Crippen molar-refractivity contribution in [3.8, 4) is 17.2 Å². The van der Waals surface area contributed by atoms with Crippen molar-refractivity contribution in [1.29, 1.82) is 0 Å². The van der Waals surface area contributed by atoms with Gasteiger partial charge in [0, 0.05) is 6.07 Å². The topological polar surface area (TPSA) is 236 Å². The molecule has 0 radical (unpaired) electrons. The highest BCUT2D eigenvalue weighted by Gasteiger charge is 2.45. The molecular formula is C27H32O14. The molecule has 2 saturated heterocycles. The second kappa shape index (κ2) is 13.2. The molecule has 2 heterocycles. The second-order valence-corrected chi connectivity index (χ2v) is 9.58. The predicted molar refractivity (Wildman–Crippen MR) is 137 cm³/mol. The summed E-state index contributed by atoms with van der Waals surface area (Å²) in [6.07, 6.45) is -11.9. The van der Waals surface area contributed by atoms with Crippen LogP contribution >= 0.6 is 0 Å². The minimum absolute atomic E-state index is 0.0117. The van der Waals surface area contributed by atoms with Crippen LogP contribution in [-0.4, -0.2) is 126 Å². The van der Waals surface area contributed by atoms with Crippen LogP contribution in [0.15, 0.2) is 48.5 Å². The number of carbonyl (C=O) groups is 1. The summed E-state index contributed by atoms with van der Waals surface area (Å²) >= 11 is 0. The lowest BCUT2D eigenvalue weighted by Crippen LogP contribution is -2.60. The Labute approximate surface area is 233 Å². The maximum Gasteiger partial charge on any atom is 0.229 e. The van der Waals surface area contributed by atoms with Crippen molar-refractivity contribution in [2.45, 2.75) is 61.4 Å². The minimum atomic E-state index is -1.65. The highest BCUT2D eigenvalue weighted by Crippen LogP contribution is 2.29. The van der Waals surface area contributed by atoms with E-state index < -0.39 is 86.2 Å². The molecule has 0 bridgehead atoms. The number of aliphatic hydroxyl groups is 8. The van der Waals surface area contributed by atoms with Gasteiger partial charge in [0.25, 0.3) is 0 Å². The zero-order chi connectivity index (χ0) is 29.8. The molecule has 2 aliphatic heterocycles. The molecule has 0 saturated carbocycles. The smallest absolute Gasteiger partial charge is 0.229 e. The van der Waals surface area contributed by atoms with E-state index in [9.17, 15) is 50.8 Å². The molecule has 10 atom stereocenters. The molecule has 0 unspecified atom stereocenters. The monoisotopic (exact) mass is 580 g/mol. The summed E-state index contributed by atoms with van der Waals surface area (Å²) in [6, 6.07) is 9.89. The lowest BCUT2D eigenvalue weighted by molar-refractivity contribution is -0.277. The Morgan fingerprint density at radius 2 is 1.20 bits per heavy atom. The van der Waals surface area contributed by atoms with Crippen molar-refractivity contribution in [2.24, 2.45) is 0 Å². The Hall–Kier alpha value is -3.15. The molecule has 14 heteroatoms. The summed E-state index contributed by atoms with van der Waals surface area (Å²) in [5.41, 5.74) is 0.506. The molecule has 2 fully saturated rings. The lowest BCUT2D eigenvalue weighted by Gasteiger charge is -2.39. The predicted octanol–water partition coefficient (Wildman–Crippen LogP) is -2.35. The van der Waals surface area contributed by atoms with E-state index in [4.69, 9.17) is 18.9 Å². The molecule has 0 aromatic heterocycles. The molecule has 0 spiro atoms. The highest BCUT2D eigenvalue weighted by molar-refractivity contribution is 6.08. The van der Waals surface area contributed by atoms with E-state index >= 15 is 0 Å². The fourth-order valence-electron chi connectivity index (χ4n) is 4.31. The number of phenols is 1. The summed E-state index contributed by atoms with van der Waals surface area (Å²) in [5, 5.41) is 88.6. The first-order valence-electron chi connectivity index (χ1n) is 12.6. The number of ketones is 1. The zero-order valence-electron chi connectivity index (χ0n) is 21.5. The van der Waals surface area contributed by atoms with E-state index in [0.717, 1.165) is 6.07 Å². The van der Waals surface area contributed by atoms with Gasteiger partial charge in [-0.1, -0.05) is 18.2 Å². The second-order valence-electron chi connectivity index (χ2n) is 9.58. The van der Waals surface area contributed by atoms with Crippen molar-refractivity contribution < 1.29 is 69.7 Å². The number of allylic oxidation sites excluding steroid dienone is 1. The Morgan fingerprint density at radius 1 is 0.707 bits per heavy atom. The van der Waals surface area contributed by atoms with Crippen LogP contribution in [0.3, 0.4) is 0 Å². The number of aromatic hydroxyl groups is 1. The number of hydrogen-bond donors (Lipinski definition) is 9. The summed E-state index contributed by atoms with van der Waals surface area (Å²) in [4.78, 5) is 12.7. The van der Waals surface area contributed by atoms with Gasteiger partial charge in [0.15, 0.2) is 5.78 Å². The van der Waals surface area contributed by atoms with E-state index in [1.807, 2.05) is 0 Å². The maximum absolute atomic E-state index is 12.7. The maximum atomic E-state index is 12.7. The molecule has 0 amide bonds. The third kappa shape index (κ3) is 6.85. The van der Waals surface area contributed by atoms with E-state index in [1.165, 1.54) is 36.4 Å². The SMILES string of the molecule is O=C(C=Cc1ccc(O[C@@H]2O[C@H](CO)[C@@H](O)[C@H](O)[C@H]2O)cc1)c1ccc(O[C@@H]2O[C@H](CO)[C@@H](O)[C@H](O)[C@H]2O)cc1O. The fourth-order valence-corrected chi connectivity index (χ4v) is 4.31. The fraction of sp³-hybridized carbons (Fsp3) is 0.444. The minimum Gasteiger partial charge on any atom is -0.507 e. The average molecular weight is 581 g/mol. The van der Waals surface area contributed by atoms with Crippen molar-refractivity contribution in [2.75, 3.05) is 13.2 Å². The number of ether oxygens (including phenoxy) is 4. The van der Waals surface area contributed by atoms with Crippen LogP contribution in [-0.2, 0) is 9.47 Å². The largest absolute Gasteiger partial charge is 0.507 e. The van der Waals surface area contributed by atoms with E-state index in [0.29, 0.717) is 5.56 Å². The van der Waals surface area contributed by atoms with E-state index in [-0.39, 0.29) is 17.1 Å². The first kappa shape index (κ1) is 30.8. The Morgan fingerprint density at radius 3 is 1.68 bits per heavy atom. The number of rotatable bonds is 9. The Balaban J connectivity index is 1.36. The first-order valence-corrected chi connectivity index (χ1v) is 12.6. The quantitative estimate of drug-likeness (QED) is 0.112. The normalized spacial score (nSPS) is 34.0. The molecule has 2 aromatic carbocycles. The molecule has 2 aliphatic rings. The third-order valence-corrected chi connectivity index (χ3v) is 6.74. The van der Waals surface area contributed by atoms with Crippen molar-refractivity contribution >= 4 is 11.9 Å². The van der Waals surface area contributed by atoms with Crippen LogP contribution < -0.4 is 9.47 Å². The van der Waals surface area contributed by atoms with Gasteiger partial charge < -0.3 is 64.9 Å². The molecule has 2 aromatic rings. The Kier molecular flexibility index (Phi) is 9.93. The van der Waals surface area contributed by atoms with Crippen LogP contribution in [0.2, 0.25) is 0 Å². The molecule has 41 heavy (non-hydrogen) atoms. The third-order valence-electron chi connectivity index (χ3n) is 6.74. The molecule has 0 aliphatic carbocycles. The highest BCUT2D eigenvalue weighted by atomic mass is 16.7. The number of aliphatic hydroxyl groups excluding tert-OH is 8. The van der Waals surface area contributed by atoms with Gasteiger partial charge in [-0.25, -0.2) is 0 Å². The number of phenolic OH excluding ortho intramolecular Hbond substituents is 1. The molecule has 14 nitrogen and oxygen atoms in total. The van der Waals surface area contributed by atoms with E-state index in [2.05, 4.69) is 0 Å². The van der Waals surface area contributed by atoms with Crippen molar-refractivity contribution in [3.63, 3.8) is 0 Å². The molecule has 224 valence electrons. The van der Waals surface area contributed by atoms with Gasteiger partial charge in [-0.2, -0.15) is 0 Å². The number of benzene rings is 2. The van der Waals surface area contributed by atoms with Crippen molar-refractivity contribution in [3.05, 3.63) is 59.7 Å². The first-order chi connectivity index (χ1) is 19.5. The molecule has 4 rings (SSSR count). The van der Waals surface area contributed by atoms with Gasteiger partial charge >= 0.3 is 0 Å². The van der Waals surface area contributed by atoms with Crippen LogP contribution in [0.1, 0.15) is 15.9 Å². The van der Waals surface area contributed by atoms with Crippen LogP contribution in [0.25, 0.3) is 6.08 Å². The standard InChI is InChI=1S/C27H32O14/c28-10-18-20(32)22(34)24(36)26(40-18)38-13-4-1-12(2-5-13)3-8-16(30)15-7-6-14(9-17(15)31)39-27-25(37)23(35)21(33)19(11-29)41-27/h1-9,18-29,31-37H,10-11H2/t18-,19-,20-,21-,22+,23+,24-,25-,26-,27-/m1/s1. The summed E-state index contributed by atoms with van der Waals surface area (Å²) in [5.74, 6) is -0.763. The van der Waals surface area contributed by atoms with Gasteiger partial charge in [-0.05, 0) is 35.9 Å². The average Bonchev–Trinajstić information content (AvgIpc) is 2.97. The molecule has 9 N–H and O–H groups in total. The van der Waals surface area contributed by atoms with Gasteiger partial charge in [0.05, 0.1) is 18.8 Å². The van der Waals surface area contributed by atoms with Gasteiger partial charge in [0.1, 0.15) is 66.1 Å². The zero-order valence-corrected chi connectivity index (χ0v) is 21.5. The number of carbonyl (C=O) groups excluding carboxylic acids is 1. The van der Waals surface area contributed by atoms with Crippen molar-refractivity contribution in [1.82, 2.24) is 0 Å². The van der Waals surface area contributed by atoms with Crippen LogP contribution in [0.5, 0.6) is 17.2 Å². The number of hydrogen-bond acceptors (Lipinski definition) is 14. The summed E-state index contributed by atoms with van der Waals surface area (Å²) in [6.45, 7) is -1.23. The van der Waals surface area contributed by atoms with Gasteiger partial charge in [0.2, 0.25) is 12.6 Å². The van der Waals surface area contributed by atoms with E-state index in [1.54, 1.807) is 12.1 Å². The Bertz CT molecular complexity index is 1200. The lowest BCUT2D eigenvalue weighted by atomic mass is 9.99. The van der Waals surface area contributed by atoms with Gasteiger partial charge in [-0.3, -0.25) is 4.79 Å². The molecular weight excluding hydrogens is 548 g/mol. The summed E-state index contributed by atoms with van der Waals surface area (Å²) in [7, 11) is 0. The summed E-state index contributed by atoms with van der Waals surface area (Å²) < 4.78 is 21.5. The van der Waals surface area contributed by atoms with Crippen LogP contribution in [0.4, 0.5) is 0 Å². The van der Waals surface area contributed by atoms with Gasteiger partial charge in [-0.15, -0.1) is 0 Å². The van der Waals surface area contributed by atoms with Crippen LogP contribution in [0, 0.1) is 0 Å².